The number of benzene rings is 1. The van der Waals surface area contributed by atoms with E-state index in [4.69, 9.17) is 11.6 Å². The Hall–Kier alpha value is -1.75. The van der Waals surface area contributed by atoms with E-state index in [1.807, 2.05) is 20.8 Å². The summed E-state index contributed by atoms with van der Waals surface area (Å²) in [5, 5.41) is 14.8. The molecule has 0 fully saturated rings. The third-order valence-corrected chi connectivity index (χ3v) is 3.64. The standard InChI is InChI=1S/C15H21ClN2O3/c1-4-12(9(2)3)17-15(21)18-13(14(19)20)10-7-5-6-8-11(10)16/h5-9,12-13H,4H2,1-3H3,(H,19,20)(H2,17,18,21)/t12?,13-/m1/s1. The highest BCUT2D eigenvalue weighted by Crippen LogP contribution is 2.22. The first-order valence-corrected chi connectivity index (χ1v) is 7.28. The fourth-order valence-corrected chi connectivity index (χ4v) is 2.31. The lowest BCUT2D eigenvalue weighted by atomic mass is 10.0. The molecule has 21 heavy (non-hydrogen) atoms. The minimum Gasteiger partial charge on any atom is -0.479 e. The van der Waals surface area contributed by atoms with Crippen molar-refractivity contribution in [1.82, 2.24) is 10.6 Å². The Morgan fingerprint density at radius 1 is 1.24 bits per heavy atom. The summed E-state index contributed by atoms with van der Waals surface area (Å²) >= 11 is 5.99. The van der Waals surface area contributed by atoms with E-state index in [2.05, 4.69) is 10.6 Å². The number of carboxylic acids is 1. The number of hydrogen-bond donors (Lipinski definition) is 3. The van der Waals surface area contributed by atoms with E-state index in [-0.39, 0.29) is 12.0 Å². The summed E-state index contributed by atoms with van der Waals surface area (Å²) in [4.78, 5) is 23.4. The maximum absolute atomic E-state index is 12.0. The SMILES string of the molecule is CCC(NC(=O)N[C@@H](C(=O)O)c1ccccc1Cl)C(C)C. The molecule has 0 aliphatic carbocycles. The van der Waals surface area contributed by atoms with Crippen molar-refractivity contribution in [2.75, 3.05) is 0 Å². The lowest BCUT2D eigenvalue weighted by Crippen LogP contribution is -2.46. The lowest BCUT2D eigenvalue weighted by Gasteiger charge is -2.23. The first-order chi connectivity index (χ1) is 9.86. The van der Waals surface area contributed by atoms with Crippen LogP contribution in [0.15, 0.2) is 24.3 Å². The van der Waals surface area contributed by atoms with Gasteiger partial charge in [0.05, 0.1) is 0 Å². The Balaban J connectivity index is 2.83. The second-order valence-corrected chi connectivity index (χ2v) is 5.58. The molecule has 0 radical (unpaired) electrons. The van der Waals surface area contributed by atoms with Crippen LogP contribution < -0.4 is 10.6 Å². The van der Waals surface area contributed by atoms with Gasteiger partial charge >= 0.3 is 12.0 Å². The zero-order valence-electron chi connectivity index (χ0n) is 12.4. The van der Waals surface area contributed by atoms with Crippen LogP contribution in [0.1, 0.15) is 38.8 Å². The quantitative estimate of drug-likeness (QED) is 0.754. The van der Waals surface area contributed by atoms with Gasteiger partial charge in [-0.3, -0.25) is 0 Å². The second-order valence-electron chi connectivity index (χ2n) is 5.17. The van der Waals surface area contributed by atoms with E-state index in [1.54, 1.807) is 24.3 Å². The zero-order valence-corrected chi connectivity index (χ0v) is 13.1. The molecule has 0 bridgehead atoms. The molecule has 6 heteroatoms. The van der Waals surface area contributed by atoms with Crippen molar-refractivity contribution in [3.63, 3.8) is 0 Å². The van der Waals surface area contributed by atoms with Gasteiger partial charge in [-0.2, -0.15) is 0 Å². The van der Waals surface area contributed by atoms with Gasteiger partial charge in [0.15, 0.2) is 6.04 Å². The normalized spacial score (nSPS) is 13.6. The Morgan fingerprint density at radius 3 is 2.33 bits per heavy atom. The summed E-state index contributed by atoms with van der Waals surface area (Å²) in [6.45, 7) is 5.96. The van der Waals surface area contributed by atoms with Crippen molar-refractivity contribution in [1.29, 1.82) is 0 Å². The molecule has 2 amide bonds. The summed E-state index contributed by atoms with van der Waals surface area (Å²) in [5.41, 5.74) is 0.361. The number of carbonyl (C=O) groups excluding carboxylic acids is 1. The van der Waals surface area contributed by atoms with Crippen molar-refractivity contribution in [2.45, 2.75) is 39.3 Å². The fraction of sp³-hybridized carbons (Fsp3) is 0.467. The van der Waals surface area contributed by atoms with Gasteiger partial charge < -0.3 is 15.7 Å². The van der Waals surface area contributed by atoms with Crippen LogP contribution in [0.4, 0.5) is 4.79 Å². The number of carboxylic acid groups (broad SMARTS) is 1. The maximum Gasteiger partial charge on any atom is 0.331 e. The molecule has 0 aromatic heterocycles. The van der Waals surface area contributed by atoms with Crippen molar-refractivity contribution < 1.29 is 14.7 Å². The highest BCUT2D eigenvalue weighted by atomic mass is 35.5. The highest BCUT2D eigenvalue weighted by molar-refractivity contribution is 6.31. The third kappa shape index (κ3) is 4.93. The second kappa shape index (κ2) is 7.88. The van der Waals surface area contributed by atoms with E-state index in [0.29, 0.717) is 10.6 Å². The summed E-state index contributed by atoms with van der Waals surface area (Å²) in [7, 11) is 0. The predicted molar refractivity (Wildman–Crippen MR) is 82.4 cm³/mol. The molecule has 1 aromatic rings. The molecule has 3 N–H and O–H groups in total. The summed E-state index contributed by atoms with van der Waals surface area (Å²) in [5.74, 6) is -0.889. The van der Waals surface area contributed by atoms with Gasteiger partial charge in [0.2, 0.25) is 0 Å². The minimum atomic E-state index is -1.18. The van der Waals surface area contributed by atoms with Crippen LogP contribution in [0, 0.1) is 5.92 Å². The smallest absolute Gasteiger partial charge is 0.331 e. The molecule has 1 aromatic carbocycles. The zero-order chi connectivity index (χ0) is 16.0. The van der Waals surface area contributed by atoms with Gasteiger partial charge in [0, 0.05) is 16.6 Å². The Bertz CT molecular complexity index is 505. The summed E-state index contributed by atoms with van der Waals surface area (Å²) in [6, 6.07) is 4.87. The number of amides is 2. The average Bonchev–Trinajstić information content (AvgIpc) is 2.42. The highest BCUT2D eigenvalue weighted by Gasteiger charge is 2.25. The molecule has 1 rings (SSSR count). The number of rotatable bonds is 6. The molecule has 0 aliphatic rings. The van der Waals surface area contributed by atoms with Crippen molar-refractivity contribution in [3.05, 3.63) is 34.9 Å². The Labute approximate surface area is 129 Å². The van der Waals surface area contributed by atoms with Gasteiger partial charge in [0.25, 0.3) is 0 Å². The third-order valence-electron chi connectivity index (χ3n) is 3.30. The van der Waals surface area contributed by atoms with Crippen molar-refractivity contribution in [3.8, 4) is 0 Å². The van der Waals surface area contributed by atoms with Crippen LogP contribution in [0.2, 0.25) is 5.02 Å². The van der Waals surface area contributed by atoms with Gasteiger partial charge in [0.1, 0.15) is 0 Å². The number of nitrogens with one attached hydrogen (secondary N) is 2. The first kappa shape index (κ1) is 17.3. The van der Waals surface area contributed by atoms with Crippen LogP contribution in [-0.2, 0) is 4.79 Å². The molecule has 0 saturated heterocycles. The lowest BCUT2D eigenvalue weighted by molar-refractivity contribution is -0.139. The fourth-order valence-electron chi connectivity index (χ4n) is 2.06. The Kier molecular flexibility index (Phi) is 6.49. The number of carbonyl (C=O) groups is 2. The van der Waals surface area contributed by atoms with E-state index in [1.165, 1.54) is 0 Å². The topological polar surface area (TPSA) is 78.4 Å². The van der Waals surface area contributed by atoms with Gasteiger partial charge in [-0.05, 0) is 18.4 Å². The molecular weight excluding hydrogens is 292 g/mol. The van der Waals surface area contributed by atoms with Crippen LogP contribution >= 0.6 is 11.6 Å². The molecular formula is C15H21ClN2O3. The van der Waals surface area contributed by atoms with Gasteiger partial charge in [-0.25, -0.2) is 9.59 Å². The van der Waals surface area contributed by atoms with Crippen molar-refractivity contribution in [2.24, 2.45) is 5.92 Å². The van der Waals surface area contributed by atoms with Crippen LogP contribution in [0.5, 0.6) is 0 Å². The largest absolute Gasteiger partial charge is 0.479 e. The monoisotopic (exact) mass is 312 g/mol. The summed E-state index contributed by atoms with van der Waals surface area (Å²) < 4.78 is 0. The molecule has 1 unspecified atom stereocenters. The molecule has 2 atom stereocenters. The molecule has 0 heterocycles. The molecule has 116 valence electrons. The number of urea groups is 1. The van der Waals surface area contributed by atoms with Gasteiger partial charge in [-0.1, -0.05) is 50.6 Å². The summed E-state index contributed by atoms with van der Waals surface area (Å²) in [6.07, 6.45) is 0.773. The number of hydrogen-bond acceptors (Lipinski definition) is 2. The van der Waals surface area contributed by atoms with E-state index in [0.717, 1.165) is 6.42 Å². The van der Waals surface area contributed by atoms with Gasteiger partial charge in [-0.15, -0.1) is 0 Å². The molecule has 0 saturated carbocycles. The van der Waals surface area contributed by atoms with E-state index in [9.17, 15) is 14.7 Å². The average molecular weight is 313 g/mol. The van der Waals surface area contributed by atoms with E-state index >= 15 is 0 Å². The number of halogens is 1. The molecule has 0 aliphatic heterocycles. The van der Waals surface area contributed by atoms with E-state index < -0.39 is 18.0 Å². The van der Waals surface area contributed by atoms with Crippen LogP contribution in [0.3, 0.4) is 0 Å². The van der Waals surface area contributed by atoms with Crippen LogP contribution in [-0.4, -0.2) is 23.1 Å². The first-order valence-electron chi connectivity index (χ1n) is 6.91. The molecule has 5 nitrogen and oxygen atoms in total. The Morgan fingerprint density at radius 2 is 1.86 bits per heavy atom. The predicted octanol–water partition coefficient (Wildman–Crippen LogP) is 3.20. The van der Waals surface area contributed by atoms with Crippen molar-refractivity contribution >= 4 is 23.6 Å². The minimum absolute atomic E-state index is 0.00862. The van der Waals surface area contributed by atoms with Crippen LogP contribution in [0.25, 0.3) is 0 Å². The maximum atomic E-state index is 12.0. The molecule has 0 spiro atoms. The number of aliphatic carboxylic acids is 1.